The molecule has 0 radical (unpaired) electrons. The van der Waals surface area contributed by atoms with E-state index in [0.29, 0.717) is 25.6 Å². The summed E-state index contributed by atoms with van der Waals surface area (Å²) in [5.41, 5.74) is 1.94. The van der Waals surface area contributed by atoms with Gasteiger partial charge >= 0.3 is 5.97 Å². The fourth-order valence-corrected chi connectivity index (χ4v) is 2.66. The van der Waals surface area contributed by atoms with Crippen molar-refractivity contribution in [3.8, 4) is 0 Å². The van der Waals surface area contributed by atoms with Gasteiger partial charge in [0.1, 0.15) is 5.82 Å². The minimum Gasteiger partial charge on any atom is -0.469 e. The molecule has 0 fully saturated rings. The Hall–Kier alpha value is -1.03. The predicted molar refractivity (Wildman–Crippen MR) is 113 cm³/mol. The van der Waals surface area contributed by atoms with Crippen LogP contribution in [0, 0.1) is 11.7 Å². The first kappa shape index (κ1) is 24.0. The molecule has 0 aliphatic carbocycles. The summed E-state index contributed by atoms with van der Waals surface area (Å²) < 4.78 is 18.1. The van der Waals surface area contributed by atoms with Gasteiger partial charge in [0.2, 0.25) is 0 Å². The van der Waals surface area contributed by atoms with E-state index < -0.39 is 0 Å². The van der Waals surface area contributed by atoms with E-state index in [2.05, 4.69) is 15.6 Å². The zero-order valence-corrected chi connectivity index (χ0v) is 18.2. The minimum absolute atomic E-state index is 0. The van der Waals surface area contributed by atoms with Gasteiger partial charge < -0.3 is 15.4 Å². The van der Waals surface area contributed by atoms with Gasteiger partial charge in [-0.2, -0.15) is 11.8 Å². The van der Waals surface area contributed by atoms with Crippen molar-refractivity contribution in [2.24, 2.45) is 10.9 Å². The zero-order chi connectivity index (χ0) is 17.9. The van der Waals surface area contributed by atoms with Crippen LogP contribution in [0.1, 0.15) is 25.0 Å². The van der Waals surface area contributed by atoms with E-state index in [1.54, 1.807) is 30.8 Å². The first-order valence-electron chi connectivity index (χ1n) is 7.88. The summed E-state index contributed by atoms with van der Waals surface area (Å²) in [4.78, 5) is 16.0. The number of nitrogens with zero attached hydrogens (tertiary/aromatic N) is 1. The SMILES string of the molecule is CCNC(=NCc1ccc(F)cc1CSC)NCC(C)C(=O)OC.I. The number of thioether (sulfide) groups is 1. The quantitative estimate of drug-likeness (QED) is 0.258. The molecule has 1 rings (SSSR count). The molecule has 0 spiro atoms. The lowest BCUT2D eigenvalue weighted by Gasteiger charge is -2.15. The maximum absolute atomic E-state index is 13.4. The number of methoxy groups -OCH3 is 1. The summed E-state index contributed by atoms with van der Waals surface area (Å²) in [6.07, 6.45) is 1.98. The summed E-state index contributed by atoms with van der Waals surface area (Å²) in [5.74, 6) is 0.596. The van der Waals surface area contributed by atoms with Gasteiger partial charge in [0.15, 0.2) is 5.96 Å². The molecule has 0 saturated carbocycles. The van der Waals surface area contributed by atoms with Crippen LogP contribution in [0.3, 0.4) is 0 Å². The number of carbonyl (C=O) groups excluding carboxylic acids is 1. The van der Waals surface area contributed by atoms with Crippen molar-refractivity contribution < 1.29 is 13.9 Å². The molecule has 0 aromatic heterocycles. The number of esters is 1. The molecule has 0 bridgehead atoms. The Morgan fingerprint density at radius 1 is 1.36 bits per heavy atom. The Balaban J connectivity index is 0.00000576. The Bertz CT molecular complexity index is 573. The van der Waals surface area contributed by atoms with Gasteiger partial charge in [-0.05, 0) is 36.4 Å². The number of aliphatic imine (C=N–C) groups is 1. The number of ether oxygens (including phenoxy) is 1. The molecule has 8 heteroatoms. The molecule has 0 aliphatic heterocycles. The first-order valence-corrected chi connectivity index (χ1v) is 9.27. The highest BCUT2D eigenvalue weighted by atomic mass is 127. The lowest BCUT2D eigenvalue weighted by atomic mass is 10.1. The summed E-state index contributed by atoms with van der Waals surface area (Å²) in [6.45, 7) is 5.34. The monoisotopic (exact) mass is 483 g/mol. The van der Waals surface area contributed by atoms with Crippen molar-refractivity contribution in [1.29, 1.82) is 0 Å². The molecule has 0 heterocycles. The summed E-state index contributed by atoms with van der Waals surface area (Å²) in [7, 11) is 1.37. The van der Waals surface area contributed by atoms with E-state index in [0.717, 1.165) is 16.9 Å². The van der Waals surface area contributed by atoms with Gasteiger partial charge in [0.25, 0.3) is 0 Å². The Morgan fingerprint density at radius 2 is 2.08 bits per heavy atom. The van der Waals surface area contributed by atoms with E-state index in [1.807, 2.05) is 13.2 Å². The number of nitrogens with one attached hydrogen (secondary N) is 2. The topological polar surface area (TPSA) is 62.7 Å². The molecule has 2 N–H and O–H groups in total. The van der Waals surface area contributed by atoms with Crippen molar-refractivity contribution in [3.63, 3.8) is 0 Å². The maximum atomic E-state index is 13.4. The summed E-state index contributed by atoms with van der Waals surface area (Å²) >= 11 is 1.64. The largest absolute Gasteiger partial charge is 0.469 e. The van der Waals surface area contributed by atoms with Crippen molar-refractivity contribution >= 4 is 47.7 Å². The lowest BCUT2D eigenvalue weighted by molar-refractivity contribution is -0.144. The fourth-order valence-electron chi connectivity index (χ4n) is 2.08. The van der Waals surface area contributed by atoms with Crippen LogP contribution in [0.4, 0.5) is 4.39 Å². The standard InChI is InChI=1S/C17H26FN3O2S.HI/c1-5-19-17(20-9-12(2)16(22)23-3)21-10-13-6-7-15(18)8-14(13)11-24-4;/h6-8,12H,5,9-11H2,1-4H3,(H2,19,20,21);1H. The van der Waals surface area contributed by atoms with Crippen molar-refractivity contribution in [3.05, 3.63) is 35.1 Å². The molecule has 0 saturated heterocycles. The van der Waals surface area contributed by atoms with Gasteiger partial charge in [-0.3, -0.25) is 4.79 Å². The first-order chi connectivity index (χ1) is 11.5. The van der Waals surface area contributed by atoms with E-state index >= 15 is 0 Å². The number of carbonyl (C=O) groups is 1. The fraction of sp³-hybridized carbons (Fsp3) is 0.529. The van der Waals surface area contributed by atoms with Gasteiger partial charge in [0.05, 0.1) is 19.6 Å². The molecule has 1 atom stereocenters. The Kier molecular flexibility index (Phi) is 12.7. The molecule has 0 amide bonds. The van der Waals surface area contributed by atoms with E-state index in [1.165, 1.54) is 13.2 Å². The summed E-state index contributed by atoms with van der Waals surface area (Å²) in [5, 5.41) is 6.26. The highest BCUT2D eigenvalue weighted by molar-refractivity contribution is 14.0. The van der Waals surface area contributed by atoms with Crippen LogP contribution in [0.2, 0.25) is 0 Å². The molecule has 1 aromatic rings. The number of benzene rings is 1. The van der Waals surface area contributed by atoms with E-state index in [9.17, 15) is 9.18 Å². The van der Waals surface area contributed by atoms with Crippen molar-refractivity contribution in [2.75, 3.05) is 26.5 Å². The molecular weight excluding hydrogens is 456 g/mol. The smallest absolute Gasteiger partial charge is 0.310 e. The molecule has 25 heavy (non-hydrogen) atoms. The Labute approximate surface area is 170 Å². The normalized spacial score (nSPS) is 12.1. The number of rotatable bonds is 8. The lowest BCUT2D eigenvalue weighted by Crippen LogP contribution is -2.40. The van der Waals surface area contributed by atoms with Crippen molar-refractivity contribution in [2.45, 2.75) is 26.1 Å². The average Bonchev–Trinajstić information content (AvgIpc) is 2.57. The van der Waals surface area contributed by atoms with Crippen LogP contribution in [-0.2, 0) is 21.8 Å². The van der Waals surface area contributed by atoms with Crippen LogP contribution >= 0.6 is 35.7 Å². The third-order valence-corrected chi connectivity index (χ3v) is 4.00. The third-order valence-electron chi connectivity index (χ3n) is 3.40. The van der Waals surface area contributed by atoms with Crippen LogP contribution < -0.4 is 10.6 Å². The number of hydrogen-bond acceptors (Lipinski definition) is 4. The van der Waals surface area contributed by atoms with Gasteiger partial charge in [-0.15, -0.1) is 24.0 Å². The predicted octanol–water partition coefficient (Wildman–Crippen LogP) is 3.17. The third kappa shape index (κ3) is 8.75. The molecule has 1 aromatic carbocycles. The minimum atomic E-state index is -0.267. The highest BCUT2D eigenvalue weighted by Gasteiger charge is 2.13. The zero-order valence-electron chi connectivity index (χ0n) is 15.1. The van der Waals surface area contributed by atoms with Crippen LogP contribution in [0.25, 0.3) is 0 Å². The molecule has 1 unspecified atom stereocenters. The van der Waals surface area contributed by atoms with Crippen LogP contribution in [-0.4, -0.2) is 38.4 Å². The molecule has 5 nitrogen and oxygen atoms in total. The molecular formula is C17H27FIN3O2S. The van der Waals surface area contributed by atoms with E-state index in [-0.39, 0.29) is 41.7 Å². The second kappa shape index (κ2) is 13.2. The molecule has 0 aliphatic rings. The van der Waals surface area contributed by atoms with E-state index in [4.69, 9.17) is 4.74 Å². The average molecular weight is 483 g/mol. The van der Waals surface area contributed by atoms with Crippen LogP contribution in [0.15, 0.2) is 23.2 Å². The second-order valence-electron chi connectivity index (χ2n) is 5.35. The summed E-state index contributed by atoms with van der Waals surface area (Å²) in [6, 6.07) is 4.78. The molecule has 142 valence electrons. The number of halogens is 2. The van der Waals surface area contributed by atoms with Gasteiger partial charge in [0, 0.05) is 18.8 Å². The Morgan fingerprint density at radius 3 is 2.68 bits per heavy atom. The highest BCUT2D eigenvalue weighted by Crippen LogP contribution is 2.17. The van der Waals surface area contributed by atoms with Crippen molar-refractivity contribution in [1.82, 2.24) is 10.6 Å². The number of hydrogen-bond donors (Lipinski definition) is 2. The maximum Gasteiger partial charge on any atom is 0.310 e. The van der Waals surface area contributed by atoms with Gasteiger partial charge in [-0.1, -0.05) is 13.0 Å². The second-order valence-corrected chi connectivity index (χ2v) is 6.21. The van der Waals surface area contributed by atoms with Gasteiger partial charge in [-0.25, -0.2) is 9.38 Å². The number of guanidine groups is 1. The van der Waals surface area contributed by atoms with Crippen LogP contribution in [0.5, 0.6) is 0 Å².